The first-order chi connectivity index (χ1) is 10.2. The maximum Gasteiger partial charge on any atom is 0.123 e. The molecule has 0 amide bonds. The summed E-state index contributed by atoms with van der Waals surface area (Å²) >= 11 is 6.08. The SMILES string of the molecule is Cc1ccc2c(c1)CC(CC(CN)c1cccc(Cl)c1)O2. The van der Waals surface area contributed by atoms with Crippen molar-refractivity contribution in [3.8, 4) is 5.75 Å². The van der Waals surface area contributed by atoms with Gasteiger partial charge in [-0.25, -0.2) is 0 Å². The molecule has 2 unspecified atom stereocenters. The number of rotatable bonds is 4. The molecule has 0 aromatic heterocycles. The van der Waals surface area contributed by atoms with E-state index < -0.39 is 0 Å². The molecule has 1 aliphatic heterocycles. The molecule has 1 aliphatic rings. The molecule has 0 aliphatic carbocycles. The van der Waals surface area contributed by atoms with E-state index >= 15 is 0 Å². The molecule has 2 atom stereocenters. The van der Waals surface area contributed by atoms with Crippen molar-refractivity contribution in [3.05, 3.63) is 64.2 Å². The van der Waals surface area contributed by atoms with Crippen molar-refractivity contribution in [3.63, 3.8) is 0 Å². The van der Waals surface area contributed by atoms with Crippen molar-refractivity contribution in [1.82, 2.24) is 0 Å². The Morgan fingerprint density at radius 1 is 1.29 bits per heavy atom. The molecular formula is C18H20ClNO. The fraction of sp³-hybridized carbons (Fsp3) is 0.333. The van der Waals surface area contributed by atoms with Crippen LogP contribution in [-0.2, 0) is 6.42 Å². The van der Waals surface area contributed by atoms with Gasteiger partial charge in [-0.05, 0) is 55.1 Å². The van der Waals surface area contributed by atoms with Crippen LogP contribution >= 0.6 is 11.6 Å². The molecule has 0 saturated carbocycles. The van der Waals surface area contributed by atoms with Crippen molar-refractivity contribution < 1.29 is 4.74 Å². The molecule has 0 radical (unpaired) electrons. The van der Waals surface area contributed by atoms with Gasteiger partial charge in [0.15, 0.2) is 0 Å². The zero-order valence-corrected chi connectivity index (χ0v) is 12.9. The third-order valence-electron chi connectivity index (χ3n) is 4.11. The number of aryl methyl sites for hydroxylation is 1. The molecule has 0 fully saturated rings. The van der Waals surface area contributed by atoms with Gasteiger partial charge in [-0.3, -0.25) is 0 Å². The van der Waals surface area contributed by atoms with Crippen LogP contribution in [0.25, 0.3) is 0 Å². The maximum atomic E-state index is 6.08. The van der Waals surface area contributed by atoms with Crippen molar-refractivity contribution in [2.45, 2.75) is 31.8 Å². The summed E-state index contributed by atoms with van der Waals surface area (Å²) in [6.07, 6.45) is 2.09. The normalized spacial score (nSPS) is 18.1. The van der Waals surface area contributed by atoms with E-state index in [1.54, 1.807) is 0 Å². The van der Waals surface area contributed by atoms with Crippen LogP contribution in [0.15, 0.2) is 42.5 Å². The Morgan fingerprint density at radius 2 is 2.14 bits per heavy atom. The average Bonchev–Trinajstić information content (AvgIpc) is 2.86. The third kappa shape index (κ3) is 3.22. The smallest absolute Gasteiger partial charge is 0.123 e. The van der Waals surface area contributed by atoms with Crippen LogP contribution in [0, 0.1) is 6.92 Å². The number of nitrogens with two attached hydrogens (primary N) is 1. The summed E-state index contributed by atoms with van der Waals surface area (Å²) in [5, 5.41) is 0.761. The van der Waals surface area contributed by atoms with Crippen molar-refractivity contribution in [2.24, 2.45) is 5.73 Å². The van der Waals surface area contributed by atoms with E-state index in [9.17, 15) is 0 Å². The van der Waals surface area contributed by atoms with Crippen molar-refractivity contribution in [2.75, 3.05) is 6.54 Å². The standard InChI is InChI=1S/C18H20ClNO/c1-12-5-6-18-14(7-12)9-17(21-18)10-15(11-20)13-3-2-4-16(19)8-13/h2-8,15,17H,9-11,20H2,1H3. The lowest BCUT2D eigenvalue weighted by Crippen LogP contribution is -2.22. The number of benzene rings is 2. The van der Waals surface area contributed by atoms with Gasteiger partial charge in [0, 0.05) is 11.4 Å². The highest BCUT2D eigenvalue weighted by Crippen LogP contribution is 2.34. The second-order valence-corrected chi connectivity index (χ2v) is 6.21. The highest BCUT2D eigenvalue weighted by atomic mass is 35.5. The molecule has 2 aromatic carbocycles. The minimum atomic E-state index is 0.203. The summed E-state index contributed by atoms with van der Waals surface area (Å²) in [7, 11) is 0. The Bertz CT molecular complexity index is 641. The van der Waals surface area contributed by atoms with Crippen LogP contribution in [-0.4, -0.2) is 12.6 Å². The molecule has 2 N–H and O–H groups in total. The molecule has 3 heteroatoms. The lowest BCUT2D eigenvalue weighted by Gasteiger charge is -2.19. The fourth-order valence-electron chi connectivity index (χ4n) is 3.03. The Kier molecular flexibility index (Phi) is 4.18. The van der Waals surface area contributed by atoms with Gasteiger partial charge >= 0.3 is 0 Å². The van der Waals surface area contributed by atoms with Gasteiger partial charge in [0.25, 0.3) is 0 Å². The molecule has 0 bridgehead atoms. The fourth-order valence-corrected chi connectivity index (χ4v) is 3.23. The molecule has 1 heterocycles. The first-order valence-corrected chi connectivity index (χ1v) is 7.75. The van der Waals surface area contributed by atoms with Crippen LogP contribution < -0.4 is 10.5 Å². The third-order valence-corrected chi connectivity index (χ3v) is 4.34. The Morgan fingerprint density at radius 3 is 2.90 bits per heavy atom. The van der Waals surface area contributed by atoms with E-state index in [1.807, 2.05) is 18.2 Å². The van der Waals surface area contributed by atoms with Crippen molar-refractivity contribution >= 4 is 11.6 Å². The van der Waals surface area contributed by atoms with E-state index in [0.29, 0.717) is 6.54 Å². The number of halogens is 1. The van der Waals surface area contributed by atoms with Crippen LogP contribution in [0.4, 0.5) is 0 Å². The Hall–Kier alpha value is -1.51. The summed E-state index contributed by atoms with van der Waals surface area (Å²) in [6.45, 7) is 2.72. The molecule has 0 spiro atoms. The summed E-state index contributed by atoms with van der Waals surface area (Å²) < 4.78 is 6.06. The lowest BCUT2D eigenvalue weighted by molar-refractivity contribution is 0.210. The summed E-state index contributed by atoms with van der Waals surface area (Å²) in [6, 6.07) is 14.4. The number of hydrogen-bond acceptors (Lipinski definition) is 2. The monoisotopic (exact) mass is 301 g/mol. The first-order valence-electron chi connectivity index (χ1n) is 7.37. The summed E-state index contributed by atoms with van der Waals surface area (Å²) in [5.41, 5.74) is 9.75. The van der Waals surface area contributed by atoms with E-state index in [4.69, 9.17) is 22.1 Å². The van der Waals surface area contributed by atoms with Gasteiger partial charge in [0.1, 0.15) is 11.9 Å². The van der Waals surface area contributed by atoms with Gasteiger partial charge in [-0.2, -0.15) is 0 Å². The van der Waals surface area contributed by atoms with Crippen LogP contribution in [0.1, 0.15) is 29.0 Å². The molecule has 2 nitrogen and oxygen atoms in total. The van der Waals surface area contributed by atoms with E-state index in [2.05, 4.69) is 31.2 Å². The zero-order chi connectivity index (χ0) is 14.8. The van der Waals surface area contributed by atoms with Gasteiger partial charge in [-0.15, -0.1) is 0 Å². The van der Waals surface area contributed by atoms with Crippen LogP contribution in [0.3, 0.4) is 0 Å². The first kappa shape index (κ1) is 14.4. The minimum absolute atomic E-state index is 0.203. The largest absolute Gasteiger partial charge is 0.490 e. The van der Waals surface area contributed by atoms with Gasteiger partial charge in [0.05, 0.1) is 0 Å². The lowest BCUT2D eigenvalue weighted by atomic mass is 9.91. The topological polar surface area (TPSA) is 35.2 Å². The van der Waals surface area contributed by atoms with Gasteiger partial charge < -0.3 is 10.5 Å². The highest BCUT2D eigenvalue weighted by molar-refractivity contribution is 6.30. The summed E-state index contributed by atoms with van der Waals surface area (Å²) in [5.74, 6) is 1.30. The van der Waals surface area contributed by atoms with E-state index in [-0.39, 0.29) is 12.0 Å². The minimum Gasteiger partial charge on any atom is -0.490 e. The highest BCUT2D eigenvalue weighted by Gasteiger charge is 2.26. The molecule has 3 rings (SSSR count). The maximum absolute atomic E-state index is 6.08. The second kappa shape index (κ2) is 6.08. The second-order valence-electron chi connectivity index (χ2n) is 5.78. The predicted octanol–water partition coefficient (Wildman–Crippen LogP) is 4.08. The average molecular weight is 302 g/mol. The molecule has 0 saturated heterocycles. The number of hydrogen-bond donors (Lipinski definition) is 1. The quantitative estimate of drug-likeness (QED) is 0.923. The molecular weight excluding hydrogens is 282 g/mol. The number of ether oxygens (including phenoxy) is 1. The molecule has 2 aromatic rings. The number of fused-ring (bicyclic) bond motifs is 1. The molecule has 110 valence electrons. The van der Waals surface area contributed by atoms with E-state index in [0.717, 1.165) is 23.6 Å². The van der Waals surface area contributed by atoms with E-state index in [1.165, 1.54) is 16.7 Å². The Balaban J connectivity index is 1.72. The zero-order valence-electron chi connectivity index (χ0n) is 12.2. The van der Waals surface area contributed by atoms with Gasteiger partial charge in [-0.1, -0.05) is 41.4 Å². The molecule has 21 heavy (non-hydrogen) atoms. The van der Waals surface area contributed by atoms with Crippen LogP contribution in [0.5, 0.6) is 5.75 Å². The Labute approximate surface area is 130 Å². The predicted molar refractivity (Wildman–Crippen MR) is 87.2 cm³/mol. The summed E-state index contributed by atoms with van der Waals surface area (Å²) in [4.78, 5) is 0. The van der Waals surface area contributed by atoms with Crippen molar-refractivity contribution in [1.29, 1.82) is 0 Å². The van der Waals surface area contributed by atoms with Gasteiger partial charge in [0.2, 0.25) is 0 Å². The van der Waals surface area contributed by atoms with Crippen LogP contribution in [0.2, 0.25) is 5.02 Å².